The SMILES string of the molecule is c1cncc(Oc2ccccc2CSc2ncn[nH]2)c1. The van der Waals surface area contributed by atoms with E-state index >= 15 is 0 Å². The lowest BCUT2D eigenvalue weighted by Gasteiger charge is -2.09. The molecule has 3 rings (SSSR count). The average Bonchev–Trinajstić information content (AvgIpc) is 3.01. The fourth-order valence-electron chi connectivity index (χ4n) is 1.67. The highest BCUT2D eigenvalue weighted by atomic mass is 32.2. The molecule has 0 aliphatic rings. The predicted octanol–water partition coefficient (Wildman–Crippen LogP) is 3.28. The number of hydrogen-bond donors (Lipinski definition) is 1. The van der Waals surface area contributed by atoms with Gasteiger partial charge in [0.1, 0.15) is 17.8 Å². The van der Waals surface area contributed by atoms with E-state index in [0.717, 1.165) is 28.0 Å². The van der Waals surface area contributed by atoms with Crippen LogP contribution in [0.3, 0.4) is 0 Å². The predicted molar refractivity (Wildman–Crippen MR) is 76.7 cm³/mol. The number of para-hydroxylation sites is 1. The van der Waals surface area contributed by atoms with Gasteiger partial charge in [-0.15, -0.1) is 0 Å². The van der Waals surface area contributed by atoms with Crippen molar-refractivity contribution in [3.63, 3.8) is 0 Å². The molecule has 0 saturated heterocycles. The van der Waals surface area contributed by atoms with Gasteiger partial charge in [0.2, 0.25) is 0 Å². The lowest BCUT2D eigenvalue weighted by molar-refractivity contribution is 0.476. The first-order valence-corrected chi connectivity index (χ1v) is 7.04. The van der Waals surface area contributed by atoms with Crippen LogP contribution in [-0.2, 0) is 5.75 Å². The van der Waals surface area contributed by atoms with E-state index in [-0.39, 0.29) is 0 Å². The van der Waals surface area contributed by atoms with Crippen molar-refractivity contribution in [2.24, 2.45) is 0 Å². The van der Waals surface area contributed by atoms with E-state index in [1.807, 2.05) is 36.4 Å². The number of nitrogens with one attached hydrogen (secondary N) is 1. The molecule has 0 radical (unpaired) electrons. The molecule has 0 amide bonds. The van der Waals surface area contributed by atoms with Crippen LogP contribution in [0, 0.1) is 0 Å². The number of ether oxygens (including phenoxy) is 1. The van der Waals surface area contributed by atoms with Gasteiger partial charge in [0.15, 0.2) is 5.16 Å². The van der Waals surface area contributed by atoms with Crippen LogP contribution in [0.2, 0.25) is 0 Å². The summed E-state index contributed by atoms with van der Waals surface area (Å²) in [4.78, 5) is 8.13. The molecule has 0 saturated carbocycles. The van der Waals surface area contributed by atoms with Gasteiger partial charge in [-0.05, 0) is 18.2 Å². The average molecular weight is 284 g/mol. The molecule has 0 atom stereocenters. The van der Waals surface area contributed by atoms with Gasteiger partial charge in [-0.1, -0.05) is 30.0 Å². The van der Waals surface area contributed by atoms with Crippen molar-refractivity contribution >= 4 is 11.8 Å². The van der Waals surface area contributed by atoms with Crippen molar-refractivity contribution < 1.29 is 4.74 Å². The van der Waals surface area contributed by atoms with Gasteiger partial charge in [-0.3, -0.25) is 10.1 Å². The van der Waals surface area contributed by atoms with E-state index < -0.39 is 0 Å². The Morgan fingerprint density at radius 2 is 2.10 bits per heavy atom. The summed E-state index contributed by atoms with van der Waals surface area (Å²) in [5, 5.41) is 7.45. The van der Waals surface area contributed by atoms with Crippen LogP contribution in [0.5, 0.6) is 11.5 Å². The molecule has 3 aromatic rings. The molecular weight excluding hydrogens is 272 g/mol. The summed E-state index contributed by atoms with van der Waals surface area (Å²) in [6.45, 7) is 0. The highest BCUT2D eigenvalue weighted by molar-refractivity contribution is 7.98. The fourth-order valence-corrected chi connectivity index (χ4v) is 2.44. The number of H-pyrrole nitrogens is 1. The molecule has 2 aromatic heterocycles. The van der Waals surface area contributed by atoms with E-state index in [9.17, 15) is 0 Å². The second kappa shape index (κ2) is 6.21. The summed E-state index contributed by atoms with van der Waals surface area (Å²) in [6, 6.07) is 11.7. The van der Waals surface area contributed by atoms with Crippen molar-refractivity contribution in [3.8, 4) is 11.5 Å². The van der Waals surface area contributed by atoms with Gasteiger partial charge in [0.05, 0.1) is 6.20 Å². The Kier molecular flexibility index (Phi) is 3.93. The number of hydrogen-bond acceptors (Lipinski definition) is 5. The van der Waals surface area contributed by atoms with Gasteiger partial charge in [-0.25, -0.2) is 4.98 Å². The van der Waals surface area contributed by atoms with Crippen molar-refractivity contribution in [1.29, 1.82) is 0 Å². The molecular formula is C14H12N4OS. The van der Waals surface area contributed by atoms with E-state index in [4.69, 9.17) is 4.74 Å². The Morgan fingerprint density at radius 1 is 1.15 bits per heavy atom. The van der Waals surface area contributed by atoms with Gasteiger partial charge >= 0.3 is 0 Å². The van der Waals surface area contributed by atoms with E-state index in [1.54, 1.807) is 24.2 Å². The molecule has 6 heteroatoms. The summed E-state index contributed by atoms with van der Waals surface area (Å²) in [7, 11) is 0. The largest absolute Gasteiger partial charge is 0.455 e. The van der Waals surface area contributed by atoms with E-state index in [0.29, 0.717) is 0 Å². The van der Waals surface area contributed by atoms with Gasteiger partial charge in [-0.2, -0.15) is 5.10 Å². The normalized spacial score (nSPS) is 10.4. The first-order valence-electron chi connectivity index (χ1n) is 6.06. The standard InChI is InChI=1S/C14H12N4OS/c1-2-6-13(19-12-5-3-7-15-8-12)11(4-1)9-20-14-16-10-17-18-14/h1-8,10H,9H2,(H,16,17,18). The van der Waals surface area contributed by atoms with Crippen LogP contribution in [0.25, 0.3) is 0 Å². The Labute approximate surface area is 120 Å². The molecule has 20 heavy (non-hydrogen) atoms. The lowest BCUT2D eigenvalue weighted by atomic mass is 10.2. The quantitative estimate of drug-likeness (QED) is 0.728. The molecule has 100 valence electrons. The van der Waals surface area contributed by atoms with Crippen LogP contribution in [0.1, 0.15) is 5.56 Å². The first-order chi connectivity index (χ1) is 9.92. The van der Waals surface area contributed by atoms with Gasteiger partial charge in [0, 0.05) is 17.5 Å². The van der Waals surface area contributed by atoms with Crippen LogP contribution >= 0.6 is 11.8 Å². The molecule has 1 aromatic carbocycles. The number of benzene rings is 1. The van der Waals surface area contributed by atoms with Crippen LogP contribution in [0.4, 0.5) is 0 Å². The number of thioether (sulfide) groups is 1. The van der Waals surface area contributed by atoms with Crippen LogP contribution in [-0.4, -0.2) is 20.2 Å². The number of aromatic amines is 1. The molecule has 0 spiro atoms. The number of aromatic nitrogens is 4. The van der Waals surface area contributed by atoms with Crippen LogP contribution < -0.4 is 4.74 Å². The second-order valence-corrected chi connectivity index (χ2v) is 4.94. The van der Waals surface area contributed by atoms with Crippen LogP contribution in [0.15, 0.2) is 60.3 Å². The maximum Gasteiger partial charge on any atom is 0.183 e. The number of pyridine rings is 1. The van der Waals surface area contributed by atoms with Gasteiger partial charge < -0.3 is 4.74 Å². The zero-order chi connectivity index (χ0) is 13.6. The number of rotatable bonds is 5. The summed E-state index contributed by atoms with van der Waals surface area (Å²) in [6.07, 6.45) is 4.92. The third-order valence-electron chi connectivity index (χ3n) is 2.59. The minimum absolute atomic E-state index is 0.726. The first kappa shape index (κ1) is 12.7. The minimum Gasteiger partial charge on any atom is -0.455 e. The summed E-state index contributed by atoms with van der Waals surface area (Å²) < 4.78 is 5.86. The summed E-state index contributed by atoms with van der Waals surface area (Å²) in [5.74, 6) is 2.31. The Bertz CT molecular complexity index is 658. The highest BCUT2D eigenvalue weighted by Gasteiger charge is 2.06. The molecule has 0 aliphatic carbocycles. The Hall–Kier alpha value is -2.34. The molecule has 0 bridgehead atoms. The Morgan fingerprint density at radius 3 is 2.90 bits per heavy atom. The fraction of sp³-hybridized carbons (Fsp3) is 0.0714. The summed E-state index contributed by atoms with van der Waals surface area (Å²) >= 11 is 1.58. The number of nitrogens with zero attached hydrogens (tertiary/aromatic N) is 3. The zero-order valence-electron chi connectivity index (χ0n) is 10.6. The van der Waals surface area contributed by atoms with E-state index in [1.165, 1.54) is 6.33 Å². The maximum atomic E-state index is 5.86. The van der Waals surface area contributed by atoms with Crippen molar-refractivity contribution in [3.05, 3.63) is 60.7 Å². The molecule has 2 heterocycles. The Balaban J connectivity index is 1.74. The second-order valence-electron chi connectivity index (χ2n) is 3.98. The minimum atomic E-state index is 0.726. The van der Waals surface area contributed by atoms with Crippen molar-refractivity contribution in [2.45, 2.75) is 10.9 Å². The highest BCUT2D eigenvalue weighted by Crippen LogP contribution is 2.29. The third-order valence-corrected chi connectivity index (χ3v) is 3.52. The summed E-state index contributed by atoms with van der Waals surface area (Å²) in [5.41, 5.74) is 1.10. The molecule has 0 unspecified atom stereocenters. The third kappa shape index (κ3) is 3.16. The maximum absolute atomic E-state index is 5.86. The molecule has 1 N–H and O–H groups in total. The molecule has 0 fully saturated rings. The monoisotopic (exact) mass is 284 g/mol. The molecule has 0 aliphatic heterocycles. The topological polar surface area (TPSA) is 63.7 Å². The molecule has 5 nitrogen and oxygen atoms in total. The zero-order valence-corrected chi connectivity index (χ0v) is 11.4. The lowest BCUT2D eigenvalue weighted by Crippen LogP contribution is -1.91. The van der Waals surface area contributed by atoms with Gasteiger partial charge in [0.25, 0.3) is 0 Å². The smallest absolute Gasteiger partial charge is 0.183 e. The van der Waals surface area contributed by atoms with Crippen molar-refractivity contribution in [1.82, 2.24) is 20.2 Å². The van der Waals surface area contributed by atoms with Crippen molar-refractivity contribution in [2.75, 3.05) is 0 Å². The van der Waals surface area contributed by atoms with E-state index in [2.05, 4.69) is 20.2 Å².